The first-order valence-corrected chi connectivity index (χ1v) is 3.97. The van der Waals surface area contributed by atoms with Crippen molar-refractivity contribution in [2.75, 3.05) is 0 Å². The van der Waals surface area contributed by atoms with Crippen LogP contribution < -0.4 is 0 Å². The van der Waals surface area contributed by atoms with Crippen LogP contribution in [-0.2, 0) is 0 Å². The molecular formula is C11H12Br2O. The van der Waals surface area contributed by atoms with E-state index >= 15 is 0 Å². The Labute approximate surface area is 105 Å². The molecule has 1 nitrogen and oxygen atoms in total. The molecule has 0 bridgehead atoms. The van der Waals surface area contributed by atoms with Gasteiger partial charge in [0.05, 0.1) is 6.26 Å². The molecular weight excluding hydrogens is 308 g/mol. The number of halogens is 2. The van der Waals surface area contributed by atoms with E-state index in [-0.39, 0.29) is 34.0 Å². The lowest BCUT2D eigenvalue weighted by Gasteiger charge is -1.99. The van der Waals surface area contributed by atoms with Gasteiger partial charge in [0.1, 0.15) is 5.76 Å². The second-order valence-corrected chi connectivity index (χ2v) is 2.79. The van der Waals surface area contributed by atoms with E-state index in [1.165, 1.54) is 11.1 Å². The smallest absolute Gasteiger partial charge is 0.134 e. The molecule has 1 aromatic heterocycles. The summed E-state index contributed by atoms with van der Waals surface area (Å²) in [6.45, 7) is 2.08. The van der Waals surface area contributed by atoms with Crippen molar-refractivity contribution in [1.29, 1.82) is 0 Å². The third-order valence-electron chi connectivity index (χ3n) is 1.93. The third kappa shape index (κ3) is 2.72. The van der Waals surface area contributed by atoms with E-state index in [0.717, 1.165) is 5.76 Å². The summed E-state index contributed by atoms with van der Waals surface area (Å²) in [5.74, 6) is 0.938. The Balaban J connectivity index is 0.000000845. The lowest BCUT2D eigenvalue weighted by atomic mass is 10.1. The standard InChI is InChI=1S/C11H10O.2BrH/c1-9-5-2-3-6-10(9)11-7-4-8-12-11;;/h2-8H,1H3;2*1H. The molecule has 76 valence electrons. The van der Waals surface area contributed by atoms with Gasteiger partial charge in [0.2, 0.25) is 0 Å². The molecule has 0 aliphatic carbocycles. The Bertz CT molecular complexity index is 369. The first-order valence-electron chi connectivity index (χ1n) is 3.97. The summed E-state index contributed by atoms with van der Waals surface area (Å²) >= 11 is 0. The van der Waals surface area contributed by atoms with Crippen molar-refractivity contribution in [1.82, 2.24) is 0 Å². The molecule has 0 saturated heterocycles. The van der Waals surface area contributed by atoms with E-state index in [1.54, 1.807) is 6.26 Å². The van der Waals surface area contributed by atoms with E-state index < -0.39 is 0 Å². The van der Waals surface area contributed by atoms with Crippen LogP contribution >= 0.6 is 34.0 Å². The number of hydrogen-bond donors (Lipinski definition) is 0. The molecule has 0 saturated carbocycles. The van der Waals surface area contributed by atoms with Crippen LogP contribution in [0.25, 0.3) is 11.3 Å². The molecule has 0 spiro atoms. The largest absolute Gasteiger partial charge is 0.464 e. The maximum atomic E-state index is 5.30. The quantitative estimate of drug-likeness (QED) is 0.758. The average molecular weight is 320 g/mol. The van der Waals surface area contributed by atoms with Crippen molar-refractivity contribution >= 4 is 34.0 Å². The summed E-state index contributed by atoms with van der Waals surface area (Å²) in [5, 5.41) is 0. The molecule has 1 heterocycles. The van der Waals surface area contributed by atoms with Gasteiger partial charge in [-0.05, 0) is 24.6 Å². The van der Waals surface area contributed by atoms with Crippen LogP contribution in [0.2, 0.25) is 0 Å². The molecule has 2 rings (SSSR count). The Kier molecular flexibility index (Phi) is 5.81. The molecule has 2 aromatic rings. The highest BCUT2D eigenvalue weighted by Crippen LogP contribution is 2.22. The zero-order chi connectivity index (χ0) is 8.39. The van der Waals surface area contributed by atoms with Gasteiger partial charge < -0.3 is 4.42 Å². The summed E-state index contributed by atoms with van der Waals surface area (Å²) in [7, 11) is 0. The maximum absolute atomic E-state index is 5.30. The Morgan fingerprint density at radius 1 is 0.929 bits per heavy atom. The Morgan fingerprint density at radius 3 is 2.21 bits per heavy atom. The van der Waals surface area contributed by atoms with Crippen LogP contribution in [0.4, 0.5) is 0 Å². The van der Waals surface area contributed by atoms with Gasteiger partial charge in [0.15, 0.2) is 0 Å². The zero-order valence-electron chi connectivity index (χ0n) is 7.77. The van der Waals surface area contributed by atoms with E-state index in [4.69, 9.17) is 4.42 Å². The minimum atomic E-state index is 0. The van der Waals surface area contributed by atoms with E-state index in [1.807, 2.05) is 24.3 Å². The monoisotopic (exact) mass is 318 g/mol. The molecule has 0 N–H and O–H groups in total. The molecule has 0 aliphatic rings. The Hall–Kier alpha value is -0.540. The fourth-order valence-corrected chi connectivity index (χ4v) is 1.28. The molecule has 0 unspecified atom stereocenters. The van der Waals surface area contributed by atoms with Crippen LogP contribution in [-0.4, -0.2) is 0 Å². The molecule has 14 heavy (non-hydrogen) atoms. The molecule has 0 amide bonds. The number of hydrogen-bond acceptors (Lipinski definition) is 1. The Morgan fingerprint density at radius 2 is 1.64 bits per heavy atom. The summed E-state index contributed by atoms with van der Waals surface area (Å²) in [6.07, 6.45) is 1.70. The highest BCUT2D eigenvalue weighted by atomic mass is 79.9. The van der Waals surface area contributed by atoms with Crippen molar-refractivity contribution in [2.45, 2.75) is 6.92 Å². The van der Waals surface area contributed by atoms with Crippen molar-refractivity contribution < 1.29 is 4.42 Å². The normalized spacial score (nSPS) is 8.64. The zero-order valence-corrected chi connectivity index (χ0v) is 11.2. The molecule has 1 aromatic carbocycles. The lowest BCUT2D eigenvalue weighted by Crippen LogP contribution is -1.78. The highest BCUT2D eigenvalue weighted by Gasteiger charge is 2.01. The van der Waals surface area contributed by atoms with E-state index in [9.17, 15) is 0 Å². The first kappa shape index (κ1) is 13.5. The van der Waals surface area contributed by atoms with Crippen LogP contribution in [0.5, 0.6) is 0 Å². The number of benzene rings is 1. The molecule has 0 aliphatic heterocycles. The van der Waals surface area contributed by atoms with Gasteiger partial charge >= 0.3 is 0 Å². The predicted octanol–water partition coefficient (Wildman–Crippen LogP) is 4.41. The first-order chi connectivity index (χ1) is 5.88. The fraction of sp³-hybridized carbons (Fsp3) is 0.0909. The van der Waals surface area contributed by atoms with Gasteiger partial charge in [0, 0.05) is 5.56 Å². The minimum Gasteiger partial charge on any atom is -0.464 e. The summed E-state index contributed by atoms with van der Waals surface area (Å²) in [5.41, 5.74) is 2.41. The molecule has 3 heteroatoms. The molecule has 0 fully saturated rings. The maximum Gasteiger partial charge on any atom is 0.134 e. The van der Waals surface area contributed by atoms with Crippen molar-refractivity contribution in [3.05, 3.63) is 48.2 Å². The molecule has 0 atom stereocenters. The predicted molar refractivity (Wildman–Crippen MR) is 69.5 cm³/mol. The van der Waals surface area contributed by atoms with Crippen LogP contribution in [0.15, 0.2) is 47.1 Å². The van der Waals surface area contributed by atoms with Crippen molar-refractivity contribution in [3.8, 4) is 11.3 Å². The third-order valence-corrected chi connectivity index (χ3v) is 1.93. The lowest BCUT2D eigenvalue weighted by molar-refractivity contribution is 0.582. The van der Waals surface area contributed by atoms with Gasteiger partial charge in [0.25, 0.3) is 0 Å². The fourth-order valence-electron chi connectivity index (χ4n) is 1.28. The second-order valence-electron chi connectivity index (χ2n) is 2.79. The highest BCUT2D eigenvalue weighted by molar-refractivity contribution is 8.93. The summed E-state index contributed by atoms with van der Waals surface area (Å²) in [4.78, 5) is 0. The van der Waals surface area contributed by atoms with Gasteiger partial charge in [-0.15, -0.1) is 34.0 Å². The topological polar surface area (TPSA) is 13.1 Å². The van der Waals surface area contributed by atoms with Gasteiger partial charge in [-0.2, -0.15) is 0 Å². The van der Waals surface area contributed by atoms with Crippen LogP contribution in [0.1, 0.15) is 5.56 Å². The van der Waals surface area contributed by atoms with Gasteiger partial charge in [-0.1, -0.05) is 24.3 Å². The summed E-state index contributed by atoms with van der Waals surface area (Å²) < 4.78 is 5.30. The van der Waals surface area contributed by atoms with Crippen molar-refractivity contribution in [3.63, 3.8) is 0 Å². The number of rotatable bonds is 1. The second kappa shape index (κ2) is 6.04. The summed E-state index contributed by atoms with van der Waals surface area (Å²) in [6, 6.07) is 12.1. The van der Waals surface area contributed by atoms with Crippen LogP contribution in [0, 0.1) is 6.92 Å². The number of aryl methyl sites for hydroxylation is 1. The molecule has 0 radical (unpaired) electrons. The van der Waals surface area contributed by atoms with Crippen LogP contribution in [0.3, 0.4) is 0 Å². The average Bonchev–Trinajstić information content (AvgIpc) is 2.57. The minimum absolute atomic E-state index is 0. The van der Waals surface area contributed by atoms with E-state index in [0.29, 0.717) is 0 Å². The van der Waals surface area contributed by atoms with Crippen molar-refractivity contribution in [2.24, 2.45) is 0 Å². The number of furan rings is 1. The van der Waals surface area contributed by atoms with Gasteiger partial charge in [-0.25, -0.2) is 0 Å². The van der Waals surface area contributed by atoms with E-state index in [2.05, 4.69) is 19.1 Å². The SMILES string of the molecule is Br.Br.Cc1ccccc1-c1ccco1. The van der Waals surface area contributed by atoms with Gasteiger partial charge in [-0.3, -0.25) is 0 Å².